The Morgan fingerprint density at radius 2 is 2.20 bits per heavy atom. The smallest absolute Gasteiger partial charge is 0.0464 e. The first kappa shape index (κ1) is 9.47. The molecule has 0 amide bonds. The molecule has 0 aliphatic rings. The molecule has 0 aliphatic carbocycles. The van der Waals surface area contributed by atoms with E-state index in [1.165, 1.54) is 19.3 Å². The second kappa shape index (κ2) is 6.59. The van der Waals surface area contributed by atoms with Crippen LogP contribution in [0.4, 0.5) is 0 Å². The molecule has 0 spiro atoms. The zero-order valence-corrected chi connectivity index (χ0v) is 6.88. The van der Waals surface area contributed by atoms with Crippen molar-refractivity contribution in [2.45, 2.75) is 39.5 Å². The van der Waals surface area contributed by atoms with E-state index in [-0.39, 0.29) is 0 Å². The minimum Gasteiger partial charge on any atom is -0.411 e. The normalized spacial score (nSPS) is 14.2. The van der Waals surface area contributed by atoms with Crippen molar-refractivity contribution >= 4 is 6.21 Å². The van der Waals surface area contributed by atoms with Gasteiger partial charge in [0.25, 0.3) is 0 Å². The summed E-state index contributed by atoms with van der Waals surface area (Å²) in [6.07, 6.45) is 6.50. The molecule has 0 bridgehead atoms. The summed E-state index contributed by atoms with van der Waals surface area (Å²) in [5.74, 6) is 0.427. The zero-order chi connectivity index (χ0) is 7.82. The van der Waals surface area contributed by atoms with Crippen molar-refractivity contribution in [2.75, 3.05) is 0 Å². The van der Waals surface area contributed by atoms with Crippen LogP contribution in [0.25, 0.3) is 0 Å². The van der Waals surface area contributed by atoms with E-state index in [2.05, 4.69) is 19.0 Å². The van der Waals surface area contributed by atoms with Gasteiger partial charge in [0.15, 0.2) is 0 Å². The summed E-state index contributed by atoms with van der Waals surface area (Å²) >= 11 is 0. The standard InChI is InChI=1S/C8H17NO/c1-3-4-5-6-8(2)7-9-10/h7-8,10H,3-6H2,1-2H3. The van der Waals surface area contributed by atoms with Crippen LogP contribution in [-0.4, -0.2) is 11.4 Å². The molecule has 2 heteroatoms. The van der Waals surface area contributed by atoms with E-state index in [1.807, 2.05) is 0 Å². The minimum atomic E-state index is 0.427. The van der Waals surface area contributed by atoms with Gasteiger partial charge in [0, 0.05) is 6.21 Å². The van der Waals surface area contributed by atoms with Gasteiger partial charge in [-0.1, -0.05) is 33.1 Å². The van der Waals surface area contributed by atoms with Crippen molar-refractivity contribution in [1.82, 2.24) is 0 Å². The second-order valence-electron chi connectivity index (χ2n) is 2.74. The maximum atomic E-state index is 8.16. The molecule has 1 unspecified atom stereocenters. The molecule has 1 atom stereocenters. The number of hydrogen-bond donors (Lipinski definition) is 1. The van der Waals surface area contributed by atoms with Gasteiger partial charge in [-0.05, 0) is 12.3 Å². The first-order valence-electron chi connectivity index (χ1n) is 3.98. The van der Waals surface area contributed by atoms with Crippen molar-refractivity contribution in [2.24, 2.45) is 11.1 Å². The second-order valence-corrected chi connectivity index (χ2v) is 2.74. The van der Waals surface area contributed by atoms with E-state index in [9.17, 15) is 0 Å². The topological polar surface area (TPSA) is 32.6 Å². The van der Waals surface area contributed by atoms with E-state index >= 15 is 0 Å². The Kier molecular flexibility index (Phi) is 6.24. The first-order valence-corrected chi connectivity index (χ1v) is 3.98. The SMILES string of the molecule is CCCCCC(C)C=NO. The zero-order valence-electron chi connectivity index (χ0n) is 6.88. The summed E-state index contributed by atoms with van der Waals surface area (Å²) in [6, 6.07) is 0. The summed E-state index contributed by atoms with van der Waals surface area (Å²) < 4.78 is 0. The van der Waals surface area contributed by atoms with Crippen LogP contribution in [0, 0.1) is 5.92 Å². The molecule has 0 fully saturated rings. The third kappa shape index (κ3) is 5.60. The third-order valence-corrected chi connectivity index (χ3v) is 1.58. The number of rotatable bonds is 5. The quantitative estimate of drug-likeness (QED) is 0.273. The Morgan fingerprint density at radius 1 is 1.50 bits per heavy atom. The summed E-state index contributed by atoms with van der Waals surface area (Å²) in [6.45, 7) is 4.25. The Balaban J connectivity index is 3.13. The summed E-state index contributed by atoms with van der Waals surface area (Å²) in [7, 11) is 0. The lowest BCUT2D eigenvalue weighted by Gasteiger charge is -2.01. The fourth-order valence-corrected chi connectivity index (χ4v) is 0.905. The molecular weight excluding hydrogens is 126 g/mol. The van der Waals surface area contributed by atoms with Crippen LogP contribution < -0.4 is 0 Å². The molecule has 0 saturated carbocycles. The van der Waals surface area contributed by atoms with Gasteiger partial charge in [-0.3, -0.25) is 0 Å². The number of oxime groups is 1. The van der Waals surface area contributed by atoms with Crippen LogP contribution in [0.3, 0.4) is 0 Å². The molecule has 2 nitrogen and oxygen atoms in total. The summed E-state index contributed by atoms with van der Waals surface area (Å²) in [4.78, 5) is 0. The van der Waals surface area contributed by atoms with Crippen molar-refractivity contribution in [3.8, 4) is 0 Å². The average Bonchev–Trinajstić information content (AvgIpc) is 1.89. The molecule has 0 aromatic heterocycles. The molecule has 10 heavy (non-hydrogen) atoms. The Labute approximate surface area is 62.9 Å². The van der Waals surface area contributed by atoms with Crippen LogP contribution in [0.2, 0.25) is 0 Å². The molecule has 1 N–H and O–H groups in total. The molecule has 0 saturated heterocycles. The summed E-state index contributed by atoms with van der Waals surface area (Å²) in [5, 5.41) is 11.2. The highest BCUT2D eigenvalue weighted by molar-refractivity contribution is 5.58. The van der Waals surface area contributed by atoms with Crippen molar-refractivity contribution in [1.29, 1.82) is 0 Å². The van der Waals surface area contributed by atoms with Gasteiger partial charge in [0.1, 0.15) is 0 Å². The predicted octanol–water partition coefficient (Wildman–Crippen LogP) is 2.66. The van der Waals surface area contributed by atoms with Crippen molar-refractivity contribution in [3.05, 3.63) is 0 Å². The maximum Gasteiger partial charge on any atom is 0.0464 e. The molecular formula is C8H17NO. The van der Waals surface area contributed by atoms with Gasteiger partial charge in [0.2, 0.25) is 0 Å². The van der Waals surface area contributed by atoms with E-state index in [4.69, 9.17) is 5.21 Å². The van der Waals surface area contributed by atoms with Crippen molar-refractivity contribution in [3.63, 3.8) is 0 Å². The van der Waals surface area contributed by atoms with Gasteiger partial charge in [0.05, 0.1) is 0 Å². The van der Waals surface area contributed by atoms with E-state index < -0.39 is 0 Å². The number of hydrogen-bond acceptors (Lipinski definition) is 2. The average molecular weight is 143 g/mol. The van der Waals surface area contributed by atoms with Gasteiger partial charge < -0.3 is 5.21 Å². The molecule has 60 valence electrons. The van der Waals surface area contributed by atoms with Crippen LogP contribution in [0.5, 0.6) is 0 Å². The minimum absolute atomic E-state index is 0.427. The maximum absolute atomic E-state index is 8.16. The highest BCUT2D eigenvalue weighted by Crippen LogP contribution is 2.06. The lowest BCUT2D eigenvalue weighted by atomic mass is 10.1. The van der Waals surface area contributed by atoms with Crippen LogP contribution in [0.1, 0.15) is 39.5 Å². The van der Waals surface area contributed by atoms with Crippen LogP contribution >= 0.6 is 0 Å². The Hall–Kier alpha value is -0.530. The molecule has 0 radical (unpaired) electrons. The van der Waals surface area contributed by atoms with Crippen LogP contribution in [-0.2, 0) is 0 Å². The lowest BCUT2D eigenvalue weighted by Crippen LogP contribution is -1.95. The van der Waals surface area contributed by atoms with E-state index in [0.29, 0.717) is 5.92 Å². The largest absolute Gasteiger partial charge is 0.411 e. The molecule has 0 aliphatic heterocycles. The monoisotopic (exact) mass is 143 g/mol. The highest BCUT2D eigenvalue weighted by atomic mass is 16.4. The van der Waals surface area contributed by atoms with Crippen molar-refractivity contribution < 1.29 is 5.21 Å². The predicted molar refractivity (Wildman–Crippen MR) is 43.6 cm³/mol. The number of unbranched alkanes of at least 4 members (excludes halogenated alkanes) is 2. The first-order chi connectivity index (χ1) is 4.81. The van der Waals surface area contributed by atoms with Gasteiger partial charge in [-0.25, -0.2) is 0 Å². The Bertz CT molecular complexity index is 91.3. The number of nitrogens with zero attached hydrogens (tertiary/aromatic N) is 1. The molecule has 0 aromatic rings. The highest BCUT2D eigenvalue weighted by Gasteiger charge is 1.96. The third-order valence-electron chi connectivity index (χ3n) is 1.58. The fraction of sp³-hybridized carbons (Fsp3) is 0.875. The molecule has 0 heterocycles. The molecule has 0 aromatic carbocycles. The fourth-order valence-electron chi connectivity index (χ4n) is 0.905. The van der Waals surface area contributed by atoms with Gasteiger partial charge in [-0.15, -0.1) is 5.16 Å². The van der Waals surface area contributed by atoms with E-state index in [0.717, 1.165) is 6.42 Å². The Morgan fingerprint density at radius 3 is 2.70 bits per heavy atom. The lowest BCUT2D eigenvalue weighted by molar-refractivity contribution is 0.318. The van der Waals surface area contributed by atoms with E-state index in [1.54, 1.807) is 6.21 Å². The van der Waals surface area contributed by atoms with Crippen LogP contribution in [0.15, 0.2) is 5.16 Å². The van der Waals surface area contributed by atoms with Gasteiger partial charge >= 0.3 is 0 Å². The summed E-state index contributed by atoms with van der Waals surface area (Å²) in [5.41, 5.74) is 0. The molecule has 0 rings (SSSR count). The van der Waals surface area contributed by atoms with Gasteiger partial charge in [-0.2, -0.15) is 0 Å².